The second-order valence-corrected chi connectivity index (χ2v) is 8.46. The van der Waals surface area contributed by atoms with Crippen LogP contribution in [0.3, 0.4) is 0 Å². The number of nitrogens with zero attached hydrogens (tertiary/aromatic N) is 2. The van der Waals surface area contributed by atoms with Gasteiger partial charge in [0, 0.05) is 18.6 Å². The van der Waals surface area contributed by atoms with Crippen LogP contribution < -0.4 is 0 Å². The summed E-state index contributed by atoms with van der Waals surface area (Å²) in [6.07, 6.45) is 8.83. The third-order valence-electron chi connectivity index (χ3n) is 6.85. The largest absolute Gasteiger partial charge is 0.342 e. The predicted molar refractivity (Wildman–Crippen MR) is 104 cm³/mol. The van der Waals surface area contributed by atoms with Crippen molar-refractivity contribution in [1.82, 2.24) is 9.80 Å². The first kappa shape index (κ1) is 18.4. The van der Waals surface area contributed by atoms with Crippen molar-refractivity contribution in [3.8, 4) is 0 Å². The number of hydrogen-bond acceptors (Lipinski definition) is 2. The Bertz CT molecular complexity index is 573. The SMILES string of the molecule is CCCCN1CCC2(CCC(Cc3ccccc3)(N(C)C)CC2)C1=O. The van der Waals surface area contributed by atoms with E-state index < -0.39 is 0 Å². The molecule has 1 spiro atoms. The number of rotatable bonds is 6. The van der Waals surface area contributed by atoms with E-state index in [9.17, 15) is 4.79 Å². The molecule has 0 atom stereocenters. The van der Waals surface area contributed by atoms with Gasteiger partial charge in [-0.25, -0.2) is 0 Å². The topological polar surface area (TPSA) is 23.6 Å². The Labute approximate surface area is 153 Å². The molecule has 0 N–H and O–H groups in total. The third-order valence-corrected chi connectivity index (χ3v) is 6.85. The van der Waals surface area contributed by atoms with E-state index in [1.807, 2.05) is 0 Å². The van der Waals surface area contributed by atoms with Crippen LogP contribution in [0.5, 0.6) is 0 Å². The maximum atomic E-state index is 13.0. The van der Waals surface area contributed by atoms with Crippen molar-refractivity contribution >= 4 is 5.91 Å². The second kappa shape index (κ2) is 7.49. The van der Waals surface area contributed by atoms with Gasteiger partial charge in [-0.3, -0.25) is 4.79 Å². The van der Waals surface area contributed by atoms with Crippen LogP contribution in [0.1, 0.15) is 57.4 Å². The van der Waals surface area contributed by atoms with Crippen molar-refractivity contribution in [1.29, 1.82) is 0 Å². The highest BCUT2D eigenvalue weighted by molar-refractivity contribution is 5.85. The first-order valence-electron chi connectivity index (χ1n) is 10.0. The van der Waals surface area contributed by atoms with Gasteiger partial charge in [0.2, 0.25) is 5.91 Å². The molecule has 1 saturated heterocycles. The third kappa shape index (κ3) is 3.62. The highest BCUT2D eigenvalue weighted by Crippen LogP contribution is 2.49. The summed E-state index contributed by atoms with van der Waals surface area (Å²) in [4.78, 5) is 17.6. The summed E-state index contributed by atoms with van der Waals surface area (Å²) < 4.78 is 0. The quantitative estimate of drug-likeness (QED) is 0.776. The molecule has 2 aliphatic rings. The molecule has 2 fully saturated rings. The maximum Gasteiger partial charge on any atom is 0.228 e. The molecular formula is C22H34N2O. The number of benzene rings is 1. The van der Waals surface area contributed by atoms with Crippen LogP contribution in [0, 0.1) is 5.41 Å². The summed E-state index contributed by atoms with van der Waals surface area (Å²) in [5, 5.41) is 0. The van der Waals surface area contributed by atoms with Gasteiger partial charge in [-0.2, -0.15) is 0 Å². The van der Waals surface area contributed by atoms with Crippen molar-refractivity contribution < 1.29 is 4.79 Å². The summed E-state index contributed by atoms with van der Waals surface area (Å²) >= 11 is 0. The standard InChI is InChI=1S/C22H34N2O/c1-4-5-16-24-17-15-21(20(24)25)11-13-22(14-12-21,23(2)3)18-19-9-7-6-8-10-19/h6-10H,4-5,11-18H2,1-3H3. The number of amides is 1. The van der Waals surface area contributed by atoms with E-state index in [1.54, 1.807) is 0 Å². The molecule has 3 nitrogen and oxygen atoms in total. The minimum Gasteiger partial charge on any atom is -0.342 e. The first-order valence-corrected chi connectivity index (χ1v) is 10.0. The Morgan fingerprint density at radius 1 is 1.04 bits per heavy atom. The molecule has 3 rings (SSSR count). The number of carbonyl (C=O) groups excluding carboxylic acids is 1. The van der Waals surface area contributed by atoms with Crippen LogP contribution in [0.2, 0.25) is 0 Å². The normalized spacial score (nSPS) is 29.8. The predicted octanol–water partition coefficient (Wildman–Crippen LogP) is 4.12. The van der Waals surface area contributed by atoms with E-state index in [1.165, 1.54) is 5.56 Å². The van der Waals surface area contributed by atoms with E-state index in [4.69, 9.17) is 0 Å². The molecule has 1 aliphatic heterocycles. The zero-order valence-electron chi connectivity index (χ0n) is 16.3. The van der Waals surface area contributed by atoms with Gasteiger partial charge in [-0.1, -0.05) is 43.7 Å². The number of unbranched alkanes of at least 4 members (excludes halogenated alkanes) is 1. The van der Waals surface area contributed by atoms with Gasteiger partial charge in [-0.15, -0.1) is 0 Å². The highest BCUT2D eigenvalue weighted by Gasteiger charge is 2.51. The number of carbonyl (C=O) groups is 1. The Hall–Kier alpha value is -1.35. The molecular weight excluding hydrogens is 308 g/mol. The fourth-order valence-corrected chi connectivity index (χ4v) is 4.87. The average molecular weight is 343 g/mol. The summed E-state index contributed by atoms with van der Waals surface area (Å²) in [6.45, 7) is 4.14. The van der Waals surface area contributed by atoms with Crippen LogP contribution in [0.4, 0.5) is 0 Å². The second-order valence-electron chi connectivity index (χ2n) is 8.46. The fraction of sp³-hybridized carbons (Fsp3) is 0.682. The molecule has 0 radical (unpaired) electrons. The van der Waals surface area contributed by atoms with Gasteiger partial charge in [0.1, 0.15) is 0 Å². The summed E-state index contributed by atoms with van der Waals surface area (Å²) in [5.41, 5.74) is 1.56. The zero-order chi connectivity index (χ0) is 17.9. The summed E-state index contributed by atoms with van der Waals surface area (Å²) in [7, 11) is 4.43. The molecule has 138 valence electrons. The summed E-state index contributed by atoms with van der Waals surface area (Å²) in [5.74, 6) is 0.452. The fourth-order valence-electron chi connectivity index (χ4n) is 4.87. The van der Waals surface area contributed by atoms with E-state index in [0.29, 0.717) is 5.91 Å². The molecule has 25 heavy (non-hydrogen) atoms. The first-order chi connectivity index (χ1) is 12.0. The van der Waals surface area contributed by atoms with Crippen molar-refractivity contribution in [2.24, 2.45) is 5.41 Å². The lowest BCUT2D eigenvalue weighted by Crippen LogP contribution is -2.52. The molecule has 1 aromatic carbocycles. The Balaban J connectivity index is 1.69. The zero-order valence-corrected chi connectivity index (χ0v) is 16.3. The molecule has 1 saturated carbocycles. The van der Waals surface area contributed by atoms with E-state index in [-0.39, 0.29) is 11.0 Å². The molecule has 1 aromatic rings. The molecule has 0 aromatic heterocycles. The smallest absolute Gasteiger partial charge is 0.228 e. The average Bonchev–Trinajstić information content (AvgIpc) is 2.92. The van der Waals surface area contributed by atoms with Crippen LogP contribution in [-0.4, -0.2) is 48.4 Å². The minimum absolute atomic E-state index is 0.0516. The van der Waals surface area contributed by atoms with Gasteiger partial charge in [0.05, 0.1) is 5.41 Å². The van der Waals surface area contributed by atoms with Crippen LogP contribution in [0.25, 0.3) is 0 Å². The molecule has 1 amide bonds. The molecule has 0 unspecified atom stereocenters. The molecule has 1 heterocycles. The van der Waals surface area contributed by atoms with Gasteiger partial charge in [0.15, 0.2) is 0 Å². The van der Waals surface area contributed by atoms with Crippen LogP contribution in [-0.2, 0) is 11.2 Å². The van der Waals surface area contributed by atoms with Gasteiger partial charge in [-0.05, 0) is 64.6 Å². The van der Waals surface area contributed by atoms with E-state index >= 15 is 0 Å². The van der Waals surface area contributed by atoms with E-state index in [0.717, 1.165) is 64.5 Å². The van der Waals surface area contributed by atoms with Crippen molar-refractivity contribution in [3.63, 3.8) is 0 Å². The molecule has 3 heteroatoms. The van der Waals surface area contributed by atoms with Gasteiger partial charge in [0.25, 0.3) is 0 Å². The van der Waals surface area contributed by atoms with E-state index in [2.05, 4.69) is 61.2 Å². The van der Waals surface area contributed by atoms with Crippen LogP contribution in [0.15, 0.2) is 30.3 Å². The number of hydrogen-bond donors (Lipinski definition) is 0. The monoisotopic (exact) mass is 342 g/mol. The highest BCUT2D eigenvalue weighted by atomic mass is 16.2. The lowest BCUT2D eigenvalue weighted by Gasteiger charge is -2.48. The van der Waals surface area contributed by atoms with Gasteiger partial charge < -0.3 is 9.80 Å². The van der Waals surface area contributed by atoms with Crippen molar-refractivity contribution in [3.05, 3.63) is 35.9 Å². The summed E-state index contributed by atoms with van der Waals surface area (Å²) in [6, 6.07) is 10.8. The van der Waals surface area contributed by atoms with Crippen molar-refractivity contribution in [2.75, 3.05) is 27.2 Å². The van der Waals surface area contributed by atoms with Gasteiger partial charge >= 0.3 is 0 Å². The number of likely N-dealkylation sites (tertiary alicyclic amines) is 1. The minimum atomic E-state index is -0.0516. The molecule has 0 bridgehead atoms. The van der Waals surface area contributed by atoms with Crippen molar-refractivity contribution in [2.45, 2.75) is 63.8 Å². The molecule has 1 aliphatic carbocycles. The number of likely N-dealkylation sites (N-methyl/N-ethyl adjacent to an activating group) is 1. The lowest BCUT2D eigenvalue weighted by atomic mass is 9.64. The Kier molecular flexibility index (Phi) is 5.52. The maximum absolute atomic E-state index is 13.0. The lowest BCUT2D eigenvalue weighted by molar-refractivity contribution is -0.139. The van der Waals surface area contributed by atoms with Crippen LogP contribution >= 0.6 is 0 Å². The Morgan fingerprint density at radius 3 is 2.32 bits per heavy atom. The Morgan fingerprint density at radius 2 is 1.72 bits per heavy atom.